The Kier molecular flexibility index (Phi) is 4.48. The number of anilines is 1. The molecule has 0 aliphatic heterocycles. The normalized spacial score (nSPS) is 26.6. The Morgan fingerprint density at radius 3 is 2.85 bits per heavy atom. The van der Waals surface area contributed by atoms with E-state index in [4.69, 9.17) is 5.73 Å². The molecule has 0 saturated heterocycles. The van der Waals surface area contributed by atoms with Crippen LogP contribution in [0.3, 0.4) is 0 Å². The highest BCUT2D eigenvalue weighted by Gasteiger charge is 2.37. The zero-order valence-electron chi connectivity index (χ0n) is 12.8. The highest BCUT2D eigenvalue weighted by atomic mass is 16.2. The Bertz CT molecular complexity index is 484. The predicted molar refractivity (Wildman–Crippen MR) is 83.7 cm³/mol. The van der Waals surface area contributed by atoms with Crippen molar-refractivity contribution in [3.05, 3.63) is 29.8 Å². The van der Waals surface area contributed by atoms with E-state index in [2.05, 4.69) is 32.2 Å². The van der Waals surface area contributed by atoms with Crippen molar-refractivity contribution in [2.75, 3.05) is 5.32 Å². The average Bonchev–Trinajstić information content (AvgIpc) is 2.38. The van der Waals surface area contributed by atoms with Crippen LogP contribution in [0, 0.1) is 5.92 Å². The van der Waals surface area contributed by atoms with Crippen LogP contribution in [-0.4, -0.2) is 11.4 Å². The summed E-state index contributed by atoms with van der Waals surface area (Å²) in [4.78, 5) is 12.5. The molecule has 0 radical (unpaired) electrons. The molecule has 3 nitrogen and oxygen atoms in total. The number of benzene rings is 1. The van der Waals surface area contributed by atoms with Crippen LogP contribution in [0.5, 0.6) is 0 Å². The van der Waals surface area contributed by atoms with E-state index in [1.165, 1.54) is 12.0 Å². The summed E-state index contributed by atoms with van der Waals surface area (Å²) in [6.07, 6.45) is 3.78. The van der Waals surface area contributed by atoms with Crippen LogP contribution < -0.4 is 11.1 Å². The maximum atomic E-state index is 12.5. The van der Waals surface area contributed by atoms with Crippen molar-refractivity contribution >= 4 is 11.6 Å². The van der Waals surface area contributed by atoms with Crippen molar-refractivity contribution in [2.24, 2.45) is 11.7 Å². The van der Waals surface area contributed by atoms with Crippen molar-refractivity contribution < 1.29 is 4.79 Å². The van der Waals surface area contributed by atoms with E-state index in [0.29, 0.717) is 11.8 Å². The number of hydrogen-bond acceptors (Lipinski definition) is 2. The molecule has 0 bridgehead atoms. The monoisotopic (exact) mass is 274 g/mol. The molecule has 2 atom stereocenters. The molecule has 1 fully saturated rings. The number of rotatable bonds is 3. The van der Waals surface area contributed by atoms with Crippen LogP contribution in [0.4, 0.5) is 5.69 Å². The molecular formula is C17H26N2O. The molecule has 1 aliphatic rings. The fourth-order valence-corrected chi connectivity index (χ4v) is 3.03. The maximum absolute atomic E-state index is 12.5. The highest BCUT2D eigenvalue weighted by molar-refractivity contribution is 5.98. The number of nitrogens with one attached hydrogen (secondary N) is 1. The number of nitrogens with two attached hydrogens (primary N) is 1. The van der Waals surface area contributed by atoms with Gasteiger partial charge in [-0.15, -0.1) is 0 Å². The second kappa shape index (κ2) is 5.96. The van der Waals surface area contributed by atoms with Gasteiger partial charge >= 0.3 is 0 Å². The number of carbonyl (C=O) groups excluding carboxylic acids is 1. The third-order valence-corrected chi connectivity index (χ3v) is 4.30. The third kappa shape index (κ3) is 3.40. The van der Waals surface area contributed by atoms with Gasteiger partial charge in [-0.2, -0.15) is 0 Å². The molecule has 20 heavy (non-hydrogen) atoms. The lowest BCUT2D eigenvalue weighted by Crippen LogP contribution is -2.53. The van der Waals surface area contributed by atoms with Crippen LogP contribution in [0.2, 0.25) is 0 Å². The summed E-state index contributed by atoms with van der Waals surface area (Å²) in [5.41, 5.74) is 7.70. The van der Waals surface area contributed by atoms with Crippen LogP contribution >= 0.6 is 0 Å². The molecular weight excluding hydrogens is 248 g/mol. The van der Waals surface area contributed by atoms with Crippen molar-refractivity contribution in [1.82, 2.24) is 0 Å². The van der Waals surface area contributed by atoms with Gasteiger partial charge in [0.1, 0.15) is 0 Å². The minimum absolute atomic E-state index is 0.0371. The Balaban J connectivity index is 2.09. The van der Waals surface area contributed by atoms with Crippen LogP contribution in [0.25, 0.3) is 0 Å². The summed E-state index contributed by atoms with van der Waals surface area (Å²) in [7, 11) is 0. The van der Waals surface area contributed by atoms with Gasteiger partial charge in [0.25, 0.3) is 0 Å². The summed E-state index contributed by atoms with van der Waals surface area (Å²) in [6.45, 7) is 6.47. The van der Waals surface area contributed by atoms with E-state index in [-0.39, 0.29) is 5.91 Å². The standard InChI is InChI=1S/C17H26N2O/c1-12(2)14-7-4-8-15(10-14)19-16(20)17(18)9-5-6-13(3)11-17/h4,7-8,10,12-13H,5-6,9,11,18H2,1-3H3,(H,19,20). The largest absolute Gasteiger partial charge is 0.324 e. The summed E-state index contributed by atoms with van der Waals surface area (Å²) in [6, 6.07) is 8.04. The van der Waals surface area contributed by atoms with E-state index in [9.17, 15) is 4.79 Å². The van der Waals surface area contributed by atoms with Crippen LogP contribution in [0.15, 0.2) is 24.3 Å². The second-order valence-corrected chi connectivity index (χ2v) is 6.59. The molecule has 2 unspecified atom stereocenters. The van der Waals surface area contributed by atoms with Crippen molar-refractivity contribution in [3.63, 3.8) is 0 Å². The second-order valence-electron chi connectivity index (χ2n) is 6.59. The van der Waals surface area contributed by atoms with Gasteiger partial charge in [0.2, 0.25) is 5.91 Å². The van der Waals surface area contributed by atoms with Gasteiger partial charge in [-0.1, -0.05) is 45.7 Å². The van der Waals surface area contributed by atoms with Crippen molar-refractivity contribution in [3.8, 4) is 0 Å². The fraction of sp³-hybridized carbons (Fsp3) is 0.588. The molecule has 1 saturated carbocycles. The quantitative estimate of drug-likeness (QED) is 0.884. The summed E-state index contributed by atoms with van der Waals surface area (Å²) in [5.74, 6) is 0.944. The van der Waals surface area contributed by atoms with Gasteiger partial charge in [-0.3, -0.25) is 4.79 Å². The molecule has 1 aliphatic carbocycles. The van der Waals surface area contributed by atoms with Gasteiger partial charge < -0.3 is 11.1 Å². The Hall–Kier alpha value is -1.35. The lowest BCUT2D eigenvalue weighted by atomic mass is 9.76. The molecule has 3 N–H and O–H groups in total. The first-order valence-electron chi connectivity index (χ1n) is 7.61. The molecule has 1 amide bonds. The number of amides is 1. The molecule has 0 heterocycles. The first-order valence-corrected chi connectivity index (χ1v) is 7.61. The SMILES string of the molecule is CC1CCCC(N)(C(=O)Nc2cccc(C(C)C)c2)C1. The smallest absolute Gasteiger partial charge is 0.244 e. The van der Waals surface area contributed by atoms with Crippen LogP contribution in [-0.2, 0) is 4.79 Å². The first-order chi connectivity index (χ1) is 9.40. The lowest BCUT2D eigenvalue weighted by molar-refractivity contribution is -0.122. The van der Waals surface area contributed by atoms with Gasteiger partial charge in [0.05, 0.1) is 5.54 Å². The molecule has 2 rings (SSSR count). The number of carbonyl (C=O) groups is 1. The van der Waals surface area contributed by atoms with Crippen LogP contribution in [0.1, 0.15) is 57.9 Å². The van der Waals surface area contributed by atoms with E-state index in [0.717, 1.165) is 24.9 Å². The molecule has 110 valence electrons. The van der Waals surface area contributed by atoms with E-state index < -0.39 is 5.54 Å². The zero-order chi connectivity index (χ0) is 14.8. The Morgan fingerprint density at radius 1 is 1.45 bits per heavy atom. The van der Waals surface area contributed by atoms with Gasteiger partial charge in [-0.05, 0) is 42.4 Å². The van der Waals surface area contributed by atoms with E-state index in [1.54, 1.807) is 0 Å². The average molecular weight is 274 g/mol. The predicted octanol–water partition coefficient (Wildman–Crippen LogP) is 3.66. The zero-order valence-corrected chi connectivity index (χ0v) is 12.8. The highest BCUT2D eigenvalue weighted by Crippen LogP contribution is 2.31. The summed E-state index contributed by atoms with van der Waals surface area (Å²) in [5, 5.41) is 3.00. The minimum Gasteiger partial charge on any atom is -0.324 e. The molecule has 1 aromatic carbocycles. The van der Waals surface area contributed by atoms with Gasteiger partial charge in [-0.25, -0.2) is 0 Å². The van der Waals surface area contributed by atoms with Gasteiger partial charge in [0, 0.05) is 5.69 Å². The molecule has 3 heteroatoms. The van der Waals surface area contributed by atoms with Gasteiger partial charge in [0.15, 0.2) is 0 Å². The third-order valence-electron chi connectivity index (χ3n) is 4.30. The summed E-state index contributed by atoms with van der Waals surface area (Å²) >= 11 is 0. The number of hydrogen-bond donors (Lipinski definition) is 2. The van der Waals surface area contributed by atoms with Crippen molar-refractivity contribution in [1.29, 1.82) is 0 Å². The molecule has 0 aromatic heterocycles. The lowest BCUT2D eigenvalue weighted by Gasteiger charge is -2.35. The first kappa shape index (κ1) is 15.0. The Labute approximate surface area is 121 Å². The molecule has 1 aromatic rings. The van der Waals surface area contributed by atoms with E-state index in [1.807, 2.05) is 18.2 Å². The van der Waals surface area contributed by atoms with Crippen molar-refractivity contribution in [2.45, 2.75) is 57.9 Å². The summed E-state index contributed by atoms with van der Waals surface area (Å²) < 4.78 is 0. The molecule has 0 spiro atoms. The minimum atomic E-state index is -0.703. The Morgan fingerprint density at radius 2 is 2.20 bits per heavy atom. The maximum Gasteiger partial charge on any atom is 0.244 e. The topological polar surface area (TPSA) is 55.1 Å². The van der Waals surface area contributed by atoms with E-state index >= 15 is 0 Å². The fourth-order valence-electron chi connectivity index (χ4n) is 3.03.